The van der Waals surface area contributed by atoms with Crippen molar-refractivity contribution in [2.45, 2.75) is 65.4 Å². The monoisotopic (exact) mass is 352 g/mol. The van der Waals surface area contributed by atoms with Gasteiger partial charge in [-0.3, -0.25) is 0 Å². The molecule has 2 rings (SSSR count). The van der Waals surface area contributed by atoms with Crippen LogP contribution in [0.25, 0.3) is 0 Å². The van der Waals surface area contributed by atoms with Gasteiger partial charge in [-0.05, 0) is 54.6 Å². The topological polar surface area (TPSA) is 20.2 Å². The first-order chi connectivity index (χ1) is 12.5. The highest BCUT2D eigenvalue weighted by Gasteiger charge is 2.16. The van der Waals surface area contributed by atoms with Gasteiger partial charge in [-0.1, -0.05) is 94.3 Å². The number of benzene rings is 2. The summed E-state index contributed by atoms with van der Waals surface area (Å²) in [6.07, 6.45) is 6.39. The van der Waals surface area contributed by atoms with Crippen LogP contribution in [0.15, 0.2) is 60.7 Å². The van der Waals surface area contributed by atoms with Crippen molar-refractivity contribution in [3.63, 3.8) is 0 Å². The van der Waals surface area contributed by atoms with Gasteiger partial charge in [0.1, 0.15) is 0 Å². The molecular weight excluding hydrogens is 316 g/mol. The molecule has 1 N–H and O–H groups in total. The summed E-state index contributed by atoms with van der Waals surface area (Å²) in [6.45, 7) is 6.98. The highest BCUT2D eigenvalue weighted by Crippen LogP contribution is 2.25. The molecule has 0 amide bonds. The molecular formula is C25H36O. The summed E-state index contributed by atoms with van der Waals surface area (Å²) in [5.41, 5.74) is 2.69. The summed E-state index contributed by atoms with van der Waals surface area (Å²) in [7, 11) is 0. The van der Waals surface area contributed by atoms with Crippen molar-refractivity contribution >= 4 is 0 Å². The summed E-state index contributed by atoms with van der Waals surface area (Å²) in [6, 6.07) is 21.2. The molecule has 0 radical (unpaired) electrons. The van der Waals surface area contributed by atoms with Gasteiger partial charge < -0.3 is 5.11 Å². The first kappa shape index (κ1) is 20.7. The Hall–Kier alpha value is -1.60. The van der Waals surface area contributed by atoms with Crippen LogP contribution in [0.1, 0.15) is 57.6 Å². The minimum Gasteiger partial charge on any atom is -0.393 e. The van der Waals surface area contributed by atoms with Crippen LogP contribution in [-0.4, -0.2) is 11.2 Å². The summed E-state index contributed by atoms with van der Waals surface area (Å²) in [5, 5.41) is 10.4. The lowest BCUT2D eigenvalue weighted by Crippen LogP contribution is -2.16. The van der Waals surface area contributed by atoms with E-state index in [9.17, 15) is 5.11 Å². The van der Waals surface area contributed by atoms with Gasteiger partial charge in [-0.15, -0.1) is 0 Å². The number of aliphatic hydroxyl groups is 1. The lowest BCUT2D eigenvalue weighted by atomic mass is 9.84. The molecule has 0 saturated heterocycles. The number of hydrogen-bond donors (Lipinski definition) is 1. The van der Waals surface area contributed by atoms with Gasteiger partial charge in [0.25, 0.3) is 0 Å². The molecule has 0 fully saturated rings. The highest BCUT2D eigenvalue weighted by molar-refractivity contribution is 5.16. The molecule has 142 valence electrons. The van der Waals surface area contributed by atoms with E-state index in [0.29, 0.717) is 11.8 Å². The van der Waals surface area contributed by atoms with Gasteiger partial charge in [-0.2, -0.15) is 0 Å². The fourth-order valence-electron chi connectivity index (χ4n) is 3.87. The van der Waals surface area contributed by atoms with Crippen molar-refractivity contribution in [1.29, 1.82) is 0 Å². The van der Waals surface area contributed by atoms with E-state index in [0.717, 1.165) is 18.8 Å². The molecule has 1 heteroatoms. The molecule has 0 saturated carbocycles. The third kappa shape index (κ3) is 7.74. The molecule has 0 aliphatic heterocycles. The second-order valence-corrected chi connectivity index (χ2v) is 8.31. The van der Waals surface area contributed by atoms with E-state index in [4.69, 9.17) is 0 Å². The second kappa shape index (κ2) is 11.2. The van der Waals surface area contributed by atoms with Gasteiger partial charge >= 0.3 is 0 Å². The molecule has 1 nitrogen and oxygen atoms in total. The van der Waals surface area contributed by atoms with Gasteiger partial charge in [0, 0.05) is 0 Å². The normalized spacial score (nSPS) is 15.0. The van der Waals surface area contributed by atoms with E-state index in [1.807, 2.05) is 18.2 Å². The van der Waals surface area contributed by atoms with E-state index in [-0.39, 0.29) is 6.10 Å². The Morgan fingerprint density at radius 3 is 1.81 bits per heavy atom. The molecule has 0 unspecified atom stereocenters. The van der Waals surface area contributed by atoms with Crippen LogP contribution in [0.3, 0.4) is 0 Å². The lowest BCUT2D eigenvalue weighted by molar-refractivity contribution is 0.142. The van der Waals surface area contributed by atoms with Crippen LogP contribution in [0.2, 0.25) is 0 Å². The molecule has 0 spiro atoms. The largest absolute Gasteiger partial charge is 0.393 e. The third-order valence-electron chi connectivity index (χ3n) is 5.54. The summed E-state index contributed by atoms with van der Waals surface area (Å²) in [4.78, 5) is 0. The number of rotatable bonds is 11. The van der Waals surface area contributed by atoms with E-state index in [1.165, 1.54) is 36.8 Å². The van der Waals surface area contributed by atoms with Crippen molar-refractivity contribution in [2.24, 2.45) is 17.8 Å². The summed E-state index contributed by atoms with van der Waals surface area (Å²) < 4.78 is 0. The van der Waals surface area contributed by atoms with Crippen molar-refractivity contribution in [3.8, 4) is 0 Å². The van der Waals surface area contributed by atoms with Crippen LogP contribution < -0.4 is 0 Å². The Bertz CT molecular complexity index is 590. The maximum absolute atomic E-state index is 10.4. The fraction of sp³-hybridized carbons (Fsp3) is 0.520. The van der Waals surface area contributed by atoms with Crippen LogP contribution in [0.5, 0.6) is 0 Å². The summed E-state index contributed by atoms with van der Waals surface area (Å²) >= 11 is 0. The van der Waals surface area contributed by atoms with Gasteiger partial charge in [0.15, 0.2) is 0 Å². The Kier molecular flexibility index (Phi) is 8.91. The van der Waals surface area contributed by atoms with Gasteiger partial charge in [0.05, 0.1) is 6.10 Å². The van der Waals surface area contributed by atoms with Crippen LogP contribution >= 0.6 is 0 Å². The maximum atomic E-state index is 10.4. The van der Waals surface area contributed by atoms with Crippen molar-refractivity contribution in [3.05, 3.63) is 71.8 Å². The second-order valence-electron chi connectivity index (χ2n) is 8.31. The first-order valence-electron chi connectivity index (χ1n) is 10.3. The average Bonchev–Trinajstić information content (AvgIpc) is 2.62. The van der Waals surface area contributed by atoms with E-state index >= 15 is 0 Å². The zero-order chi connectivity index (χ0) is 18.8. The van der Waals surface area contributed by atoms with Crippen molar-refractivity contribution in [1.82, 2.24) is 0 Å². The quantitative estimate of drug-likeness (QED) is 0.503. The van der Waals surface area contributed by atoms with Crippen molar-refractivity contribution in [2.75, 3.05) is 0 Å². The zero-order valence-electron chi connectivity index (χ0n) is 16.8. The van der Waals surface area contributed by atoms with Gasteiger partial charge in [-0.25, -0.2) is 0 Å². The molecule has 26 heavy (non-hydrogen) atoms. The molecule has 2 aromatic carbocycles. The first-order valence-corrected chi connectivity index (χ1v) is 10.3. The zero-order valence-corrected chi connectivity index (χ0v) is 16.8. The number of aliphatic hydroxyl groups excluding tert-OH is 1. The third-order valence-corrected chi connectivity index (χ3v) is 5.54. The fourth-order valence-corrected chi connectivity index (χ4v) is 3.87. The molecule has 3 atom stereocenters. The van der Waals surface area contributed by atoms with E-state index in [2.05, 4.69) is 63.2 Å². The standard InChI is InChI=1S/C25H36O/c1-20(2)24(18-22-12-6-4-7-13-22)16-10-11-21(3)17-25(26)19-23-14-8-5-9-15-23/h4-9,12-15,20-21,24-26H,10-11,16-19H2,1-3H3/t21-,24-,25-/m1/s1. The SMILES string of the molecule is CC(C)[C@H](CCC[C@@H](C)C[C@@H](O)Cc1ccccc1)Cc1ccccc1. The molecule has 0 aliphatic rings. The Morgan fingerprint density at radius 2 is 1.27 bits per heavy atom. The Balaban J connectivity index is 1.70. The molecule has 0 heterocycles. The van der Waals surface area contributed by atoms with Crippen LogP contribution in [0.4, 0.5) is 0 Å². The number of hydrogen-bond acceptors (Lipinski definition) is 1. The van der Waals surface area contributed by atoms with Crippen LogP contribution in [-0.2, 0) is 12.8 Å². The minimum absolute atomic E-state index is 0.224. The maximum Gasteiger partial charge on any atom is 0.0583 e. The Morgan fingerprint density at radius 1 is 0.731 bits per heavy atom. The van der Waals surface area contributed by atoms with Crippen molar-refractivity contribution < 1.29 is 5.11 Å². The lowest BCUT2D eigenvalue weighted by Gasteiger charge is -2.22. The van der Waals surface area contributed by atoms with E-state index < -0.39 is 0 Å². The van der Waals surface area contributed by atoms with E-state index in [1.54, 1.807) is 0 Å². The Labute approximate surface area is 160 Å². The predicted octanol–water partition coefficient (Wildman–Crippen LogP) is 6.30. The molecule has 2 aromatic rings. The van der Waals surface area contributed by atoms with Gasteiger partial charge in [0.2, 0.25) is 0 Å². The molecule has 0 aliphatic carbocycles. The summed E-state index contributed by atoms with van der Waals surface area (Å²) in [5.74, 6) is 2.05. The highest BCUT2D eigenvalue weighted by atomic mass is 16.3. The minimum atomic E-state index is -0.224. The predicted molar refractivity (Wildman–Crippen MR) is 112 cm³/mol. The molecule has 0 bridgehead atoms. The van der Waals surface area contributed by atoms with Crippen LogP contribution in [0, 0.1) is 17.8 Å². The smallest absolute Gasteiger partial charge is 0.0583 e. The average molecular weight is 353 g/mol. The molecule has 0 aromatic heterocycles.